The summed E-state index contributed by atoms with van der Waals surface area (Å²) in [5, 5.41) is 3.32. The first-order valence-corrected chi connectivity index (χ1v) is 7.96. The maximum Gasteiger partial charge on any atom is 0.165 e. The number of ether oxygens (including phenoxy) is 1. The Morgan fingerprint density at radius 2 is 1.95 bits per heavy atom. The standard InChI is InChI=1S/C17H26FNO/c1-2-12-19-13-14-8-7-11-16(18)17(14)20-15-9-5-3-4-6-10-15/h7-8,11,15,19H,2-6,9-10,12-13H2,1H3. The monoisotopic (exact) mass is 279 g/mol. The molecule has 1 fully saturated rings. The predicted molar refractivity (Wildman–Crippen MR) is 80.5 cm³/mol. The molecule has 1 saturated carbocycles. The van der Waals surface area contributed by atoms with Crippen LogP contribution in [0.2, 0.25) is 0 Å². The number of rotatable bonds is 6. The van der Waals surface area contributed by atoms with Crippen LogP contribution in [0.25, 0.3) is 0 Å². The zero-order valence-corrected chi connectivity index (χ0v) is 12.5. The highest BCUT2D eigenvalue weighted by molar-refractivity contribution is 5.35. The molecule has 0 radical (unpaired) electrons. The number of nitrogens with one attached hydrogen (secondary N) is 1. The first-order chi connectivity index (χ1) is 9.81. The molecule has 1 N–H and O–H groups in total. The van der Waals surface area contributed by atoms with Gasteiger partial charge in [-0.05, 0) is 44.7 Å². The average molecular weight is 279 g/mol. The minimum absolute atomic E-state index is 0.180. The van der Waals surface area contributed by atoms with Gasteiger partial charge in [0.25, 0.3) is 0 Å². The summed E-state index contributed by atoms with van der Waals surface area (Å²) >= 11 is 0. The van der Waals surface area contributed by atoms with E-state index in [0.29, 0.717) is 12.3 Å². The largest absolute Gasteiger partial charge is 0.487 e. The van der Waals surface area contributed by atoms with Gasteiger partial charge in [-0.25, -0.2) is 4.39 Å². The van der Waals surface area contributed by atoms with E-state index in [0.717, 1.165) is 31.4 Å². The van der Waals surface area contributed by atoms with Gasteiger partial charge < -0.3 is 10.1 Å². The Morgan fingerprint density at radius 1 is 1.20 bits per heavy atom. The third-order valence-corrected chi connectivity index (χ3v) is 3.88. The SMILES string of the molecule is CCCNCc1cccc(F)c1OC1CCCCCC1. The van der Waals surface area contributed by atoms with Crippen molar-refractivity contribution in [3.05, 3.63) is 29.6 Å². The number of para-hydroxylation sites is 1. The molecule has 1 aliphatic rings. The third-order valence-electron chi connectivity index (χ3n) is 3.88. The van der Waals surface area contributed by atoms with E-state index in [-0.39, 0.29) is 11.9 Å². The van der Waals surface area contributed by atoms with Gasteiger partial charge in [0.2, 0.25) is 0 Å². The van der Waals surface area contributed by atoms with E-state index in [1.807, 2.05) is 6.07 Å². The van der Waals surface area contributed by atoms with E-state index in [1.54, 1.807) is 6.07 Å². The van der Waals surface area contributed by atoms with Crippen LogP contribution >= 0.6 is 0 Å². The second-order valence-electron chi connectivity index (χ2n) is 5.64. The highest BCUT2D eigenvalue weighted by Gasteiger charge is 2.17. The second kappa shape index (κ2) is 8.25. The summed E-state index contributed by atoms with van der Waals surface area (Å²) < 4.78 is 20.1. The zero-order chi connectivity index (χ0) is 14.2. The molecule has 3 heteroatoms. The summed E-state index contributed by atoms with van der Waals surface area (Å²) in [6.45, 7) is 3.74. The van der Waals surface area contributed by atoms with Crippen molar-refractivity contribution in [2.75, 3.05) is 6.54 Å². The first kappa shape index (κ1) is 15.3. The molecule has 0 aromatic heterocycles. The Hall–Kier alpha value is -1.09. The van der Waals surface area contributed by atoms with Gasteiger partial charge in [-0.1, -0.05) is 31.9 Å². The molecule has 1 aromatic carbocycles. The molecular weight excluding hydrogens is 253 g/mol. The van der Waals surface area contributed by atoms with Crippen LogP contribution in [0.15, 0.2) is 18.2 Å². The Balaban J connectivity index is 2.04. The molecule has 0 aliphatic heterocycles. The molecule has 0 saturated heterocycles. The van der Waals surface area contributed by atoms with Crippen LogP contribution in [0, 0.1) is 5.82 Å². The van der Waals surface area contributed by atoms with E-state index in [9.17, 15) is 4.39 Å². The lowest BCUT2D eigenvalue weighted by Gasteiger charge is -2.20. The van der Waals surface area contributed by atoms with Crippen molar-refractivity contribution in [3.8, 4) is 5.75 Å². The van der Waals surface area contributed by atoms with Gasteiger partial charge in [-0.15, -0.1) is 0 Å². The van der Waals surface area contributed by atoms with Gasteiger partial charge in [-0.3, -0.25) is 0 Å². The fraction of sp³-hybridized carbons (Fsp3) is 0.647. The van der Waals surface area contributed by atoms with Gasteiger partial charge in [0.05, 0.1) is 6.10 Å². The molecule has 112 valence electrons. The van der Waals surface area contributed by atoms with Crippen LogP contribution in [0.4, 0.5) is 4.39 Å². The predicted octanol–water partition coefficient (Wildman–Crippen LogP) is 4.43. The Morgan fingerprint density at radius 3 is 2.65 bits per heavy atom. The summed E-state index contributed by atoms with van der Waals surface area (Å²) in [4.78, 5) is 0. The van der Waals surface area contributed by atoms with Gasteiger partial charge in [-0.2, -0.15) is 0 Å². The maximum absolute atomic E-state index is 14.1. The van der Waals surface area contributed by atoms with Crippen LogP contribution in [0.3, 0.4) is 0 Å². The molecule has 0 unspecified atom stereocenters. The lowest BCUT2D eigenvalue weighted by Crippen LogP contribution is -2.19. The molecule has 20 heavy (non-hydrogen) atoms. The van der Waals surface area contributed by atoms with Crippen LogP contribution in [0.1, 0.15) is 57.4 Å². The smallest absolute Gasteiger partial charge is 0.165 e. The van der Waals surface area contributed by atoms with Crippen molar-refractivity contribution >= 4 is 0 Å². The number of benzene rings is 1. The quantitative estimate of drug-likeness (QED) is 0.614. The molecule has 2 nitrogen and oxygen atoms in total. The Kier molecular flexibility index (Phi) is 6.31. The minimum atomic E-state index is -0.231. The lowest BCUT2D eigenvalue weighted by atomic mass is 10.1. The fourth-order valence-corrected chi connectivity index (χ4v) is 2.75. The van der Waals surface area contributed by atoms with Gasteiger partial charge in [0.1, 0.15) is 0 Å². The van der Waals surface area contributed by atoms with Crippen molar-refractivity contribution in [2.45, 2.75) is 64.5 Å². The lowest BCUT2D eigenvalue weighted by molar-refractivity contribution is 0.173. The molecule has 1 aromatic rings. The molecule has 1 aliphatic carbocycles. The number of hydrogen-bond acceptors (Lipinski definition) is 2. The molecule has 0 spiro atoms. The normalized spacial score (nSPS) is 16.9. The summed E-state index contributed by atoms with van der Waals surface area (Å²) in [6.07, 6.45) is 8.31. The summed E-state index contributed by atoms with van der Waals surface area (Å²) in [5.74, 6) is 0.230. The molecule has 0 amide bonds. The summed E-state index contributed by atoms with van der Waals surface area (Å²) in [5.41, 5.74) is 0.933. The average Bonchev–Trinajstić information content (AvgIpc) is 2.71. The van der Waals surface area contributed by atoms with E-state index in [4.69, 9.17) is 4.74 Å². The molecule has 0 bridgehead atoms. The Bertz CT molecular complexity index is 400. The molecule has 0 heterocycles. The summed E-state index contributed by atoms with van der Waals surface area (Å²) in [7, 11) is 0. The van der Waals surface area contributed by atoms with Crippen LogP contribution in [-0.2, 0) is 6.54 Å². The maximum atomic E-state index is 14.1. The van der Waals surface area contributed by atoms with Crippen molar-refractivity contribution < 1.29 is 9.13 Å². The highest BCUT2D eigenvalue weighted by atomic mass is 19.1. The highest BCUT2D eigenvalue weighted by Crippen LogP contribution is 2.28. The summed E-state index contributed by atoms with van der Waals surface area (Å²) in [6, 6.07) is 5.21. The van der Waals surface area contributed by atoms with E-state index in [1.165, 1.54) is 31.7 Å². The van der Waals surface area contributed by atoms with Crippen molar-refractivity contribution in [2.24, 2.45) is 0 Å². The van der Waals surface area contributed by atoms with Crippen molar-refractivity contribution in [1.82, 2.24) is 5.32 Å². The topological polar surface area (TPSA) is 21.3 Å². The second-order valence-corrected chi connectivity index (χ2v) is 5.64. The van der Waals surface area contributed by atoms with E-state index >= 15 is 0 Å². The first-order valence-electron chi connectivity index (χ1n) is 7.96. The molecular formula is C17H26FNO. The van der Waals surface area contributed by atoms with Gasteiger partial charge in [0.15, 0.2) is 11.6 Å². The van der Waals surface area contributed by atoms with Crippen molar-refractivity contribution in [1.29, 1.82) is 0 Å². The number of hydrogen-bond donors (Lipinski definition) is 1. The van der Waals surface area contributed by atoms with E-state index < -0.39 is 0 Å². The van der Waals surface area contributed by atoms with Crippen LogP contribution in [-0.4, -0.2) is 12.6 Å². The minimum Gasteiger partial charge on any atom is -0.487 e. The van der Waals surface area contributed by atoms with Crippen molar-refractivity contribution in [3.63, 3.8) is 0 Å². The van der Waals surface area contributed by atoms with Crippen LogP contribution < -0.4 is 10.1 Å². The fourth-order valence-electron chi connectivity index (χ4n) is 2.75. The zero-order valence-electron chi connectivity index (χ0n) is 12.5. The van der Waals surface area contributed by atoms with E-state index in [2.05, 4.69) is 12.2 Å². The number of halogens is 1. The van der Waals surface area contributed by atoms with Gasteiger partial charge in [0, 0.05) is 12.1 Å². The molecule has 2 rings (SSSR count). The Labute approximate surface area is 121 Å². The van der Waals surface area contributed by atoms with Gasteiger partial charge >= 0.3 is 0 Å². The molecule has 0 atom stereocenters. The third kappa shape index (κ3) is 4.48. The van der Waals surface area contributed by atoms with Crippen LogP contribution in [0.5, 0.6) is 5.75 Å².